The van der Waals surface area contributed by atoms with Crippen molar-refractivity contribution in [2.45, 2.75) is 12.5 Å². The third kappa shape index (κ3) is 3.26. The number of hydrogen-bond donors (Lipinski definition) is 0. The Morgan fingerprint density at radius 1 is 1.00 bits per heavy atom. The Hall–Kier alpha value is -2.68. The molecule has 21 heavy (non-hydrogen) atoms. The molecule has 0 radical (unpaired) electrons. The third-order valence-corrected chi connectivity index (χ3v) is 3.43. The molecule has 0 saturated heterocycles. The molecule has 0 saturated carbocycles. The van der Waals surface area contributed by atoms with Gasteiger partial charge in [-0.2, -0.15) is 0 Å². The van der Waals surface area contributed by atoms with Crippen LogP contribution in [0.4, 0.5) is 0 Å². The lowest BCUT2D eigenvalue weighted by Crippen LogP contribution is -2.15. The first kappa shape index (κ1) is 13.3. The molecule has 0 spiro atoms. The molecule has 2 aromatic carbocycles. The van der Waals surface area contributed by atoms with Gasteiger partial charge in [0.1, 0.15) is 0 Å². The second kappa shape index (κ2) is 6.18. The molecule has 1 aliphatic heterocycles. The van der Waals surface area contributed by atoms with Gasteiger partial charge in [0.05, 0.1) is 6.42 Å². The van der Waals surface area contributed by atoms with Gasteiger partial charge in [-0.15, -0.1) is 0 Å². The van der Waals surface area contributed by atoms with E-state index in [9.17, 15) is 5.11 Å². The molecular weight excluding hydrogens is 260 g/mol. The van der Waals surface area contributed by atoms with E-state index < -0.39 is 0 Å². The molecule has 1 unspecified atom stereocenters. The molecule has 0 aliphatic carbocycles. The number of hydrazone groups is 1. The molecule has 3 heteroatoms. The molecule has 3 rings (SSSR count). The van der Waals surface area contributed by atoms with Crippen LogP contribution in [0.2, 0.25) is 0 Å². The highest BCUT2D eigenvalue weighted by Crippen LogP contribution is 2.25. The third-order valence-electron chi connectivity index (χ3n) is 3.43. The van der Waals surface area contributed by atoms with Gasteiger partial charge >= 0.3 is 0 Å². The summed E-state index contributed by atoms with van der Waals surface area (Å²) in [7, 11) is 0. The number of benzene rings is 2. The molecule has 104 valence electrons. The molecule has 0 N–H and O–H groups in total. The van der Waals surface area contributed by atoms with Gasteiger partial charge in [0, 0.05) is 17.5 Å². The maximum absolute atomic E-state index is 11.6. The summed E-state index contributed by atoms with van der Waals surface area (Å²) < 4.78 is 1.75. The van der Waals surface area contributed by atoms with Crippen molar-refractivity contribution in [2.24, 2.45) is 5.10 Å². The summed E-state index contributed by atoms with van der Waals surface area (Å²) >= 11 is 0. The molecular formula is C18H16N2O. The second-order valence-corrected chi connectivity index (χ2v) is 4.92. The van der Waals surface area contributed by atoms with Gasteiger partial charge in [-0.05, 0) is 16.7 Å². The number of allylic oxidation sites excluding steroid dienone is 1. The monoisotopic (exact) mass is 276 g/mol. The summed E-state index contributed by atoms with van der Waals surface area (Å²) in [5, 5.41) is 15.7. The Kier molecular flexibility index (Phi) is 3.92. The van der Waals surface area contributed by atoms with Gasteiger partial charge in [-0.1, -0.05) is 65.3 Å². The van der Waals surface area contributed by atoms with Crippen LogP contribution in [-0.4, -0.2) is 16.8 Å². The van der Waals surface area contributed by atoms with Crippen LogP contribution in [0.25, 0.3) is 6.08 Å². The largest absolute Gasteiger partial charge is 0.857 e. The van der Waals surface area contributed by atoms with Gasteiger partial charge < -0.3 is 5.11 Å². The fourth-order valence-corrected chi connectivity index (χ4v) is 2.39. The molecule has 1 heterocycles. The van der Waals surface area contributed by atoms with Crippen molar-refractivity contribution in [3.05, 3.63) is 77.9 Å². The maximum atomic E-state index is 11.6. The molecule has 3 nitrogen and oxygen atoms in total. The van der Waals surface area contributed by atoms with Crippen LogP contribution in [0.1, 0.15) is 23.6 Å². The van der Waals surface area contributed by atoms with Crippen molar-refractivity contribution in [3.8, 4) is 0 Å². The summed E-state index contributed by atoms with van der Waals surface area (Å²) in [6.45, 7) is 0. The van der Waals surface area contributed by atoms with Gasteiger partial charge in [-0.25, -0.2) is 0 Å². The van der Waals surface area contributed by atoms with Crippen LogP contribution < -0.4 is 5.11 Å². The number of hydrogen-bond acceptors (Lipinski definition) is 2. The Morgan fingerprint density at radius 2 is 1.67 bits per heavy atom. The zero-order valence-corrected chi connectivity index (χ0v) is 11.6. The first-order valence-electron chi connectivity index (χ1n) is 6.97. The highest BCUT2D eigenvalue weighted by atomic mass is 16.3. The van der Waals surface area contributed by atoms with E-state index in [-0.39, 0.29) is 11.9 Å². The van der Waals surface area contributed by atoms with Crippen molar-refractivity contribution in [1.82, 2.24) is 0 Å². The summed E-state index contributed by atoms with van der Waals surface area (Å²) in [6.07, 6.45) is 6.21. The van der Waals surface area contributed by atoms with Crippen LogP contribution in [0.3, 0.4) is 0 Å². The topological polar surface area (TPSA) is 38.4 Å². The van der Waals surface area contributed by atoms with Crippen molar-refractivity contribution < 1.29 is 9.79 Å². The summed E-state index contributed by atoms with van der Waals surface area (Å²) in [5.41, 5.74) is 2.23. The summed E-state index contributed by atoms with van der Waals surface area (Å²) in [5.74, 6) is -0.0757. The molecule has 0 fully saturated rings. The van der Waals surface area contributed by atoms with Crippen LogP contribution in [0, 0.1) is 0 Å². The quantitative estimate of drug-likeness (QED) is 0.794. The molecule has 2 aromatic rings. The zero-order chi connectivity index (χ0) is 14.5. The highest BCUT2D eigenvalue weighted by Gasteiger charge is 2.28. The number of rotatable bonds is 3. The van der Waals surface area contributed by atoms with Crippen LogP contribution in [-0.2, 0) is 0 Å². The van der Waals surface area contributed by atoms with Gasteiger partial charge in [0.25, 0.3) is 0 Å². The van der Waals surface area contributed by atoms with E-state index >= 15 is 0 Å². The highest BCUT2D eigenvalue weighted by molar-refractivity contribution is 5.77. The van der Waals surface area contributed by atoms with E-state index in [1.54, 1.807) is 4.68 Å². The van der Waals surface area contributed by atoms with E-state index in [0.717, 1.165) is 11.1 Å². The van der Waals surface area contributed by atoms with E-state index in [2.05, 4.69) is 5.10 Å². The maximum Gasteiger partial charge on any atom is 0.213 e. The predicted molar refractivity (Wildman–Crippen MR) is 83.0 cm³/mol. The fourth-order valence-electron chi connectivity index (χ4n) is 2.39. The molecule has 0 bridgehead atoms. The fraction of sp³-hybridized carbons (Fsp3) is 0.111. The Morgan fingerprint density at radius 3 is 2.38 bits per heavy atom. The van der Waals surface area contributed by atoms with Crippen molar-refractivity contribution in [1.29, 1.82) is 0 Å². The predicted octanol–water partition coefficient (Wildman–Crippen LogP) is 2.60. The zero-order valence-electron chi connectivity index (χ0n) is 11.6. The SMILES string of the molecule is [O-]C1=N/[N+](=C\C=C\c2ccccc2)C(c2ccccc2)C1. The lowest BCUT2D eigenvalue weighted by Gasteiger charge is -2.05. The first-order chi connectivity index (χ1) is 10.3. The standard InChI is InChI=1S/C18H16N2O/c21-18-14-17(16-11-5-2-6-12-16)20(19-18)13-7-10-15-8-3-1-4-9-15/h1-13,17H,14H2/b10-7+,20-13-. The van der Waals surface area contributed by atoms with Crippen LogP contribution >= 0.6 is 0 Å². The Balaban J connectivity index is 1.82. The van der Waals surface area contributed by atoms with Crippen molar-refractivity contribution >= 4 is 18.2 Å². The van der Waals surface area contributed by atoms with Crippen molar-refractivity contribution in [3.63, 3.8) is 0 Å². The van der Waals surface area contributed by atoms with Crippen LogP contribution in [0.15, 0.2) is 71.8 Å². The Labute approximate surface area is 124 Å². The average molecular weight is 276 g/mol. The van der Waals surface area contributed by atoms with Gasteiger partial charge in [-0.3, -0.25) is 0 Å². The number of nitrogens with zero attached hydrogens (tertiary/aromatic N) is 2. The minimum Gasteiger partial charge on any atom is -0.857 e. The van der Waals surface area contributed by atoms with Crippen LogP contribution in [0.5, 0.6) is 0 Å². The first-order valence-corrected chi connectivity index (χ1v) is 6.97. The minimum absolute atomic E-state index is 0.000812. The smallest absolute Gasteiger partial charge is 0.213 e. The average Bonchev–Trinajstić information content (AvgIpc) is 2.90. The lowest BCUT2D eigenvalue weighted by atomic mass is 10.1. The van der Waals surface area contributed by atoms with E-state index in [4.69, 9.17) is 0 Å². The molecule has 0 aromatic heterocycles. The summed E-state index contributed by atoms with van der Waals surface area (Å²) in [6, 6.07) is 20.0. The second-order valence-electron chi connectivity index (χ2n) is 4.92. The molecule has 1 aliphatic rings. The van der Waals surface area contributed by atoms with Gasteiger partial charge in [0.2, 0.25) is 6.04 Å². The van der Waals surface area contributed by atoms with E-state index in [1.165, 1.54) is 0 Å². The van der Waals surface area contributed by atoms with E-state index in [0.29, 0.717) is 6.42 Å². The van der Waals surface area contributed by atoms with Gasteiger partial charge in [0.15, 0.2) is 6.21 Å². The van der Waals surface area contributed by atoms with Crippen molar-refractivity contribution in [2.75, 3.05) is 0 Å². The Bertz CT molecular complexity index is 688. The summed E-state index contributed by atoms with van der Waals surface area (Å²) in [4.78, 5) is 0. The lowest BCUT2D eigenvalue weighted by molar-refractivity contribution is -0.563. The molecule has 1 atom stereocenters. The van der Waals surface area contributed by atoms with E-state index in [1.807, 2.05) is 79.0 Å². The normalized spacial score (nSPS) is 20.1. The molecule has 0 amide bonds. The minimum atomic E-state index is -0.0757.